The lowest BCUT2D eigenvalue weighted by atomic mass is 9.90. The van der Waals surface area contributed by atoms with Gasteiger partial charge in [-0.1, -0.05) is 31.4 Å². The summed E-state index contributed by atoms with van der Waals surface area (Å²) in [6.45, 7) is 4.49. The minimum absolute atomic E-state index is 0.190. The van der Waals surface area contributed by atoms with Crippen molar-refractivity contribution in [2.45, 2.75) is 64.0 Å². The molecule has 0 atom stereocenters. The minimum atomic E-state index is -0.733. The Morgan fingerprint density at radius 1 is 1.03 bits per heavy atom. The molecule has 1 aliphatic rings. The summed E-state index contributed by atoms with van der Waals surface area (Å²) in [5.74, 6) is 0.765. The first-order valence-electron chi connectivity index (χ1n) is 12.6. The zero-order chi connectivity index (χ0) is 25.8. The van der Waals surface area contributed by atoms with Gasteiger partial charge in [-0.25, -0.2) is 9.97 Å². The maximum atomic E-state index is 9.47. The van der Waals surface area contributed by atoms with Crippen molar-refractivity contribution >= 4 is 5.82 Å². The van der Waals surface area contributed by atoms with Crippen molar-refractivity contribution in [3.8, 4) is 40.4 Å². The van der Waals surface area contributed by atoms with Gasteiger partial charge in [-0.3, -0.25) is 4.98 Å². The zero-order valence-electron chi connectivity index (χ0n) is 21.1. The molecule has 3 heterocycles. The molecule has 9 heteroatoms. The van der Waals surface area contributed by atoms with E-state index in [0.29, 0.717) is 29.0 Å². The minimum Gasteiger partial charge on any atom is -0.414 e. The zero-order valence-corrected chi connectivity index (χ0v) is 21.1. The van der Waals surface area contributed by atoms with E-state index in [-0.39, 0.29) is 11.7 Å². The van der Waals surface area contributed by atoms with Gasteiger partial charge in [-0.15, -0.1) is 10.2 Å². The molecule has 4 aromatic rings. The van der Waals surface area contributed by atoms with E-state index in [4.69, 9.17) is 10.2 Å². The highest BCUT2D eigenvalue weighted by Crippen LogP contribution is 2.29. The maximum absolute atomic E-state index is 9.47. The third kappa shape index (κ3) is 5.49. The van der Waals surface area contributed by atoms with Gasteiger partial charge >= 0.3 is 0 Å². The molecule has 5 rings (SSSR count). The van der Waals surface area contributed by atoms with Crippen molar-refractivity contribution < 1.29 is 4.42 Å². The van der Waals surface area contributed by atoms with Crippen LogP contribution in [-0.2, 0) is 12.0 Å². The number of rotatable bonds is 7. The Balaban J connectivity index is 1.34. The number of nitrogens with one attached hydrogen (secondary N) is 1. The second-order valence-electron chi connectivity index (χ2n) is 9.98. The SMILES string of the molecule is CC(C)(C#N)c1cc(-c2cnc(N)c(-c3nnc(-c4ccc(CNC5CCCCC5)cc4)o3)n2)ccn1. The monoisotopic (exact) mass is 494 g/mol. The predicted molar refractivity (Wildman–Crippen MR) is 141 cm³/mol. The van der Waals surface area contributed by atoms with Crippen LogP contribution < -0.4 is 11.1 Å². The number of hydrogen-bond donors (Lipinski definition) is 2. The maximum Gasteiger partial charge on any atom is 0.270 e. The molecule has 1 fully saturated rings. The molecule has 0 amide bonds. The summed E-state index contributed by atoms with van der Waals surface area (Å²) in [6, 6.07) is 14.6. The third-order valence-corrected chi connectivity index (χ3v) is 6.80. The van der Waals surface area contributed by atoms with E-state index < -0.39 is 5.41 Å². The van der Waals surface area contributed by atoms with Crippen LogP contribution in [0.3, 0.4) is 0 Å². The number of pyridine rings is 1. The summed E-state index contributed by atoms with van der Waals surface area (Å²) >= 11 is 0. The highest BCUT2D eigenvalue weighted by molar-refractivity contribution is 5.69. The number of benzene rings is 1. The fraction of sp³-hybridized carbons (Fsp3) is 0.357. The molecule has 0 unspecified atom stereocenters. The molecular weight excluding hydrogens is 464 g/mol. The van der Waals surface area contributed by atoms with Gasteiger partial charge in [-0.05, 0) is 56.5 Å². The Bertz CT molecular complexity index is 1410. The fourth-order valence-corrected chi connectivity index (χ4v) is 4.45. The first-order valence-corrected chi connectivity index (χ1v) is 12.6. The molecule has 9 nitrogen and oxygen atoms in total. The van der Waals surface area contributed by atoms with Crippen LogP contribution in [0, 0.1) is 11.3 Å². The van der Waals surface area contributed by atoms with Crippen LogP contribution in [0.25, 0.3) is 34.3 Å². The normalized spacial score (nSPS) is 14.4. The standard InChI is InChI=1S/C28H30N8O/c1-28(2,17-29)23-14-20(12-13-31-23)22-16-33-25(30)24(34-22)27-36-35-26(37-27)19-10-8-18(9-11-19)15-32-21-6-4-3-5-7-21/h8-14,16,21,32H,3-7,15H2,1-2H3,(H2,30,33). The van der Waals surface area contributed by atoms with Gasteiger partial charge in [0, 0.05) is 29.9 Å². The number of nitrogens with zero attached hydrogens (tertiary/aromatic N) is 6. The van der Waals surface area contributed by atoms with E-state index >= 15 is 0 Å². The number of nitriles is 1. The molecule has 1 aromatic carbocycles. The Kier molecular flexibility index (Phi) is 6.93. The second kappa shape index (κ2) is 10.4. The van der Waals surface area contributed by atoms with E-state index in [1.165, 1.54) is 37.7 Å². The molecule has 3 N–H and O–H groups in total. The average molecular weight is 495 g/mol. The van der Waals surface area contributed by atoms with Crippen molar-refractivity contribution in [2.24, 2.45) is 0 Å². The van der Waals surface area contributed by atoms with Crippen LogP contribution in [-0.4, -0.2) is 31.2 Å². The summed E-state index contributed by atoms with van der Waals surface area (Å²) in [6.07, 6.45) is 9.74. The summed E-state index contributed by atoms with van der Waals surface area (Å²) in [5, 5.41) is 21.5. The van der Waals surface area contributed by atoms with Gasteiger partial charge in [-0.2, -0.15) is 5.26 Å². The number of anilines is 1. The first kappa shape index (κ1) is 24.5. The van der Waals surface area contributed by atoms with Crippen LogP contribution in [0.5, 0.6) is 0 Å². The summed E-state index contributed by atoms with van der Waals surface area (Å²) in [7, 11) is 0. The van der Waals surface area contributed by atoms with Crippen LogP contribution in [0.15, 0.2) is 53.2 Å². The lowest BCUT2D eigenvalue weighted by Gasteiger charge is -2.22. The molecule has 0 spiro atoms. The molecule has 1 saturated carbocycles. The highest BCUT2D eigenvalue weighted by Gasteiger charge is 2.23. The molecule has 0 bridgehead atoms. The molecule has 37 heavy (non-hydrogen) atoms. The number of nitrogens with two attached hydrogens (primary N) is 1. The molecule has 0 aliphatic heterocycles. The van der Waals surface area contributed by atoms with E-state index in [1.807, 2.05) is 38.1 Å². The fourth-order valence-electron chi connectivity index (χ4n) is 4.45. The highest BCUT2D eigenvalue weighted by atomic mass is 16.4. The Labute approximate surface area is 216 Å². The van der Waals surface area contributed by atoms with Crippen LogP contribution in [0.2, 0.25) is 0 Å². The van der Waals surface area contributed by atoms with Crippen molar-refractivity contribution in [2.75, 3.05) is 5.73 Å². The Morgan fingerprint density at radius 2 is 1.78 bits per heavy atom. The number of hydrogen-bond acceptors (Lipinski definition) is 9. The summed E-state index contributed by atoms with van der Waals surface area (Å²) in [4.78, 5) is 13.3. The first-order chi connectivity index (χ1) is 17.9. The molecular formula is C28H30N8O. The smallest absolute Gasteiger partial charge is 0.270 e. The largest absolute Gasteiger partial charge is 0.414 e. The third-order valence-electron chi connectivity index (χ3n) is 6.80. The van der Waals surface area contributed by atoms with E-state index in [0.717, 1.165) is 17.7 Å². The molecule has 0 radical (unpaired) electrons. The van der Waals surface area contributed by atoms with Crippen LogP contribution >= 0.6 is 0 Å². The quantitative estimate of drug-likeness (QED) is 0.361. The molecule has 0 saturated heterocycles. The Morgan fingerprint density at radius 3 is 2.54 bits per heavy atom. The number of nitrogen functional groups attached to an aromatic ring is 1. The van der Waals surface area contributed by atoms with Crippen molar-refractivity contribution in [3.05, 3.63) is 60.0 Å². The van der Waals surface area contributed by atoms with Gasteiger partial charge in [0.05, 0.1) is 29.1 Å². The van der Waals surface area contributed by atoms with E-state index in [9.17, 15) is 5.26 Å². The van der Waals surface area contributed by atoms with Gasteiger partial charge < -0.3 is 15.5 Å². The predicted octanol–water partition coefficient (Wildman–Crippen LogP) is 5.06. The average Bonchev–Trinajstić information content (AvgIpc) is 3.43. The number of aromatic nitrogens is 5. The van der Waals surface area contributed by atoms with Gasteiger partial charge in [0.15, 0.2) is 11.5 Å². The van der Waals surface area contributed by atoms with Crippen molar-refractivity contribution in [1.29, 1.82) is 5.26 Å². The lowest BCUT2D eigenvalue weighted by Crippen LogP contribution is -2.30. The topological polar surface area (TPSA) is 139 Å². The Hall–Kier alpha value is -4.16. The summed E-state index contributed by atoms with van der Waals surface area (Å²) < 4.78 is 5.94. The summed E-state index contributed by atoms with van der Waals surface area (Å²) in [5.41, 5.74) is 9.70. The lowest BCUT2D eigenvalue weighted by molar-refractivity contribution is 0.372. The van der Waals surface area contributed by atoms with Gasteiger partial charge in [0.2, 0.25) is 5.89 Å². The second-order valence-corrected chi connectivity index (χ2v) is 9.98. The van der Waals surface area contributed by atoms with Gasteiger partial charge in [0.25, 0.3) is 5.89 Å². The van der Waals surface area contributed by atoms with Crippen LogP contribution in [0.4, 0.5) is 5.82 Å². The van der Waals surface area contributed by atoms with Crippen molar-refractivity contribution in [3.63, 3.8) is 0 Å². The van der Waals surface area contributed by atoms with Crippen molar-refractivity contribution in [1.82, 2.24) is 30.5 Å². The van der Waals surface area contributed by atoms with Crippen LogP contribution in [0.1, 0.15) is 57.2 Å². The van der Waals surface area contributed by atoms with E-state index in [1.54, 1.807) is 12.4 Å². The molecule has 3 aromatic heterocycles. The molecule has 188 valence electrons. The van der Waals surface area contributed by atoms with E-state index in [2.05, 4.69) is 48.7 Å². The van der Waals surface area contributed by atoms with Gasteiger partial charge in [0.1, 0.15) is 0 Å². The molecule has 1 aliphatic carbocycles.